The van der Waals surface area contributed by atoms with Crippen molar-refractivity contribution >= 4 is 46.4 Å². The monoisotopic (exact) mass is 380 g/mol. The van der Waals surface area contributed by atoms with Gasteiger partial charge in [0.05, 0.1) is 9.88 Å². The SMILES string of the molecule is Cl.NC1CCCN(C(=O)c2ccc(NC(=O)Nc3ccccc3)s2)C1. The van der Waals surface area contributed by atoms with E-state index in [0.29, 0.717) is 22.1 Å². The molecule has 2 aromatic rings. The molecule has 1 aliphatic heterocycles. The fourth-order valence-corrected chi connectivity index (χ4v) is 3.54. The number of piperidine rings is 1. The normalized spacial score (nSPS) is 16.7. The molecule has 1 unspecified atom stereocenters. The predicted molar refractivity (Wildman–Crippen MR) is 104 cm³/mol. The van der Waals surface area contributed by atoms with Crippen LogP contribution in [0.5, 0.6) is 0 Å². The van der Waals surface area contributed by atoms with Crippen LogP contribution in [0.1, 0.15) is 22.5 Å². The van der Waals surface area contributed by atoms with Crippen molar-refractivity contribution in [1.82, 2.24) is 4.90 Å². The second-order valence-electron chi connectivity index (χ2n) is 5.76. The standard InChI is InChI=1S/C17H20N4O2S.ClH/c18-12-5-4-10-21(11-12)16(22)14-8-9-15(24-14)20-17(23)19-13-6-2-1-3-7-13;/h1-3,6-9,12H,4-5,10-11,18H2,(H2,19,20,23);1H. The van der Waals surface area contributed by atoms with Crippen LogP contribution >= 0.6 is 23.7 Å². The van der Waals surface area contributed by atoms with Crippen molar-refractivity contribution in [3.63, 3.8) is 0 Å². The van der Waals surface area contributed by atoms with Crippen LogP contribution in [-0.4, -0.2) is 36.0 Å². The zero-order chi connectivity index (χ0) is 16.9. The number of nitrogens with two attached hydrogens (primary N) is 1. The van der Waals surface area contributed by atoms with E-state index in [1.54, 1.807) is 17.0 Å². The number of nitrogens with zero attached hydrogens (tertiary/aromatic N) is 1. The number of benzene rings is 1. The highest BCUT2D eigenvalue weighted by atomic mass is 35.5. The van der Waals surface area contributed by atoms with Gasteiger partial charge in [-0.15, -0.1) is 23.7 Å². The minimum atomic E-state index is -0.331. The summed E-state index contributed by atoms with van der Waals surface area (Å²) in [6, 6.07) is 12.4. The summed E-state index contributed by atoms with van der Waals surface area (Å²) in [5, 5.41) is 6.13. The third-order valence-electron chi connectivity index (χ3n) is 3.83. The summed E-state index contributed by atoms with van der Waals surface area (Å²) in [5.74, 6) is -0.0216. The van der Waals surface area contributed by atoms with Gasteiger partial charge in [-0.05, 0) is 37.1 Å². The highest BCUT2D eigenvalue weighted by Crippen LogP contribution is 2.24. The Labute approximate surface area is 156 Å². The minimum absolute atomic E-state index is 0. The molecule has 1 aromatic carbocycles. The van der Waals surface area contributed by atoms with Gasteiger partial charge < -0.3 is 16.0 Å². The van der Waals surface area contributed by atoms with E-state index in [1.165, 1.54) is 11.3 Å². The number of halogens is 1. The molecule has 25 heavy (non-hydrogen) atoms. The molecule has 1 fully saturated rings. The first kappa shape index (κ1) is 19.2. The molecular weight excluding hydrogens is 360 g/mol. The van der Waals surface area contributed by atoms with E-state index < -0.39 is 0 Å². The maximum Gasteiger partial charge on any atom is 0.324 e. The Kier molecular flexibility index (Phi) is 6.81. The number of anilines is 2. The highest BCUT2D eigenvalue weighted by molar-refractivity contribution is 7.18. The minimum Gasteiger partial charge on any atom is -0.336 e. The molecule has 3 rings (SSSR count). The molecule has 0 radical (unpaired) electrons. The summed E-state index contributed by atoms with van der Waals surface area (Å²) in [6.45, 7) is 1.33. The number of likely N-dealkylation sites (tertiary alicyclic amines) is 1. The number of hydrogen-bond acceptors (Lipinski definition) is 4. The van der Waals surface area contributed by atoms with Crippen LogP contribution in [0.2, 0.25) is 0 Å². The van der Waals surface area contributed by atoms with Gasteiger partial charge in [0.15, 0.2) is 0 Å². The van der Waals surface area contributed by atoms with Gasteiger partial charge in [-0.25, -0.2) is 4.79 Å². The van der Waals surface area contributed by atoms with Crippen molar-refractivity contribution in [2.24, 2.45) is 5.73 Å². The number of nitrogens with one attached hydrogen (secondary N) is 2. The second-order valence-corrected chi connectivity index (χ2v) is 6.85. The van der Waals surface area contributed by atoms with E-state index in [1.807, 2.05) is 30.3 Å². The Morgan fingerprint density at radius 2 is 1.88 bits per heavy atom. The van der Waals surface area contributed by atoms with Crippen LogP contribution < -0.4 is 16.4 Å². The van der Waals surface area contributed by atoms with E-state index in [0.717, 1.165) is 19.4 Å². The summed E-state index contributed by atoms with van der Waals surface area (Å²) >= 11 is 1.27. The Morgan fingerprint density at radius 3 is 2.60 bits per heavy atom. The van der Waals surface area contributed by atoms with Crippen molar-refractivity contribution in [2.45, 2.75) is 18.9 Å². The maximum atomic E-state index is 12.5. The quantitative estimate of drug-likeness (QED) is 0.762. The molecule has 134 valence electrons. The van der Waals surface area contributed by atoms with Gasteiger partial charge in [-0.2, -0.15) is 0 Å². The van der Waals surface area contributed by atoms with Crippen LogP contribution in [0.3, 0.4) is 0 Å². The summed E-state index contributed by atoms with van der Waals surface area (Å²) in [4.78, 5) is 26.9. The maximum absolute atomic E-state index is 12.5. The van der Waals surface area contributed by atoms with E-state index in [-0.39, 0.29) is 30.4 Å². The van der Waals surface area contributed by atoms with Crippen molar-refractivity contribution in [2.75, 3.05) is 23.7 Å². The van der Waals surface area contributed by atoms with Crippen molar-refractivity contribution < 1.29 is 9.59 Å². The molecule has 0 spiro atoms. The molecule has 1 aliphatic rings. The van der Waals surface area contributed by atoms with Gasteiger partial charge in [0.25, 0.3) is 5.91 Å². The number of thiophene rings is 1. The molecular formula is C17H21ClN4O2S. The first-order valence-corrected chi connectivity index (χ1v) is 8.71. The van der Waals surface area contributed by atoms with E-state index in [9.17, 15) is 9.59 Å². The molecule has 0 bridgehead atoms. The largest absolute Gasteiger partial charge is 0.336 e. The number of carbonyl (C=O) groups excluding carboxylic acids is 2. The van der Waals surface area contributed by atoms with Gasteiger partial charge in [-0.1, -0.05) is 18.2 Å². The molecule has 1 saturated heterocycles. The number of rotatable bonds is 3. The van der Waals surface area contributed by atoms with E-state index in [4.69, 9.17) is 5.73 Å². The Balaban J connectivity index is 0.00000225. The first-order chi connectivity index (χ1) is 11.6. The van der Waals surface area contributed by atoms with Gasteiger partial charge in [-0.3, -0.25) is 10.1 Å². The fourth-order valence-electron chi connectivity index (χ4n) is 2.67. The van der Waals surface area contributed by atoms with Crippen molar-refractivity contribution in [1.29, 1.82) is 0 Å². The number of para-hydroxylation sites is 1. The van der Waals surface area contributed by atoms with Crippen LogP contribution in [0.15, 0.2) is 42.5 Å². The fraction of sp³-hybridized carbons (Fsp3) is 0.294. The number of urea groups is 1. The summed E-state index contributed by atoms with van der Waals surface area (Å²) in [6.07, 6.45) is 1.89. The highest BCUT2D eigenvalue weighted by Gasteiger charge is 2.23. The molecule has 1 aromatic heterocycles. The Hall–Kier alpha value is -2.09. The predicted octanol–water partition coefficient (Wildman–Crippen LogP) is 3.38. The van der Waals surface area contributed by atoms with Gasteiger partial charge in [0.2, 0.25) is 0 Å². The topological polar surface area (TPSA) is 87.5 Å². The van der Waals surface area contributed by atoms with Crippen molar-refractivity contribution in [3.8, 4) is 0 Å². The van der Waals surface area contributed by atoms with Gasteiger partial charge in [0, 0.05) is 24.8 Å². The summed E-state index contributed by atoms with van der Waals surface area (Å²) in [7, 11) is 0. The second kappa shape index (κ2) is 8.84. The van der Waals surface area contributed by atoms with Gasteiger partial charge >= 0.3 is 6.03 Å². The number of hydrogen-bond donors (Lipinski definition) is 3. The molecule has 2 heterocycles. The van der Waals surface area contributed by atoms with Crippen LogP contribution in [-0.2, 0) is 0 Å². The smallest absolute Gasteiger partial charge is 0.324 e. The zero-order valence-electron chi connectivity index (χ0n) is 13.6. The molecule has 0 aliphatic carbocycles. The molecule has 6 nitrogen and oxygen atoms in total. The average molecular weight is 381 g/mol. The lowest BCUT2D eigenvalue weighted by Gasteiger charge is -2.30. The Bertz CT molecular complexity index is 722. The van der Waals surface area contributed by atoms with Gasteiger partial charge in [0.1, 0.15) is 0 Å². The van der Waals surface area contributed by atoms with Crippen LogP contribution in [0, 0.1) is 0 Å². The Morgan fingerprint density at radius 1 is 1.12 bits per heavy atom. The van der Waals surface area contributed by atoms with Crippen molar-refractivity contribution in [3.05, 3.63) is 47.3 Å². The number of carbonyl (C=O) groups is 2. The van der Waals surface area contributed by atoms with Crippen LogP contribution in [0.4, 0.5) is 15.5 Å². The lowest BCUT2D eigenvalue weighted by atomic mass is 10.1. The third-order valence-corrected chi connectivity index (χ3v) is 4.82. The lowest BCUT2D eigenvalue weighted by molar-refractivity contribution is 0.0713. The molecule has 0 saturated carbocycles. The molecule has 1 atom stereocenters. The summed E-state index contributed by atoms with van der Waals surface area (Å²) in [5.41, 5.74) is 6.64. The number of amides is 3. The molecule has 8 heteroatoms. The lowest BCUT2D eigenvalue weighted by Crippen LogP contribution is -2.45. The van der Waals surface area contributed by atoms with E-state index >= 15 is 0 Å². The molecule has 4 N–H and O–H groups in total. The average Bonchev–Trinajstić information content (AvgIpc) is 3.03. The first-order valence-electron chi connectivity index (χ1n) is 7.89. The zero-order valence-corrected chi connectivity index (χ0v) is 15.2. The molecule has 3 amide bonds. The summed E-state index contributed by atoms with van der Waals surface area (Å²) < 4.78 is 0. The third kappa shape index (κ3) is 5.19. The van der Waals surface area contributed by atoms with E-state index in [2.05, 4.69) is 10.6 Å². The van der Waals surface area contributed by atoms with Crippen LogP contribution in [0.25, 0.3) is 0 Å².